The van der Waals surface area contributed by atoms with Gasteiger partial charge in [0.25, 0.3) is 0 Å². The molecule has 0 aliphatic heterocycles. The minimum Gasteiger partial charge on any atom is -0.454 e. The normalized spacial score (nSPS) is 12.1. The number of Topliss-reactive ketones (excluding diaryl/α,β-unsaturated/α-hetero) is 1. The van der Waals surface area contributed by atoms with Crippen molar-refractivity contribution in [3.05, 3.63) is 64.8 Å². The lowest BCUT2D eigenvalue weighted by Gasteiger charge is -2.13. The van der Waals surface area contributed by atoms with Crippen LogP contribution in [0.3, 0.4) is 0 Å². The number of aromatic amines is 1. The molecule has 0 amide bonds. The molecule has 0 fully saturated rings. The van der Waals surface area contributed by atoms with Gasteiger partial charge in [-0.3, -0.25) is 9.59 Å². The number of rotatable bonds is 6. The predicted octanol–water partition coefficient (Wildman–Crippen LogP) is 5.00. The number of fused-ring (bicyclic) bond motifs is 1. The van der Waals surface area contributed by atoms with Crippen LogP contribution in [0.1, 0.15) is 34.1 Å². The summed E-state index contributed by atoms with van der Waals surface area (Å²) in [5, 5.41) is 0.854. The van der Waals surface area contributed by atoms with Gasteiger partial charge in [0.05, 0.1) is 5.75 Å². The quantitative estimate of drug-likeness (QED) is 0.371. The van der Waals surface area contributed by atoms with E-state index in [1.165, 1.54) is 22.9 Å². The van der Waals surface area contributed by atoms with Gasteiger partial charge >= 0.3 is 5.97 Å². The lowest BCUT2D eigenvalue weighted by atomic mass is 10.0. The van der Waals surface area contributed by atoms with E-state index < -0.39 is 12.1 Å². The molecule has 0 aliphatic rings. The highest BCUT2D eigenvalue weighted by Gasteiger charge is 2.24. The molecule has 140 valence electrons. The van der Waals surface area contributed by atoms with Crippen LogP contribution < -0.4 is 0 Å². The summed E-state index contributed by atoms with van der Waals surface area (Å²) in [5.74, 6) is -0.404. The summed E-state index contributed by atoms with van der Waals surface area (Å²) < 4.78 is 5.39. The molecule has 4 nitrogen and oxygen atoms in total. The Kier molecular flexibility index (Phi) is 5.71. The van der Waals surface area contributed by atoms with E-state index >= 15 is 0 Å². The van der Waals surface area contributed by atoms with Gasteiger partial charge in [0.1, 0.15) is 0 Å². The number of ether oxygens (including phenoxy) is 1. The first-order chi connectivity index (χ1) is 12.9. The molecule has 0 saturated heterocycles. The van der Waals surface area contributed by atoms with Crippen LogP contribution in [0.15, 0.2) is 47.4 Å². The fraction of sp³-hybridized carbons (Fsp3) is 0.273. The zero-order valence-corrected chi connectivity index (χ0v) is 16.8. The van der Waals surface area contributed by atoms with Crippen molar-refractivity contribution in [2.45, 2.75) is 38.7 Å². The van der Waals surface area contributed by atoms with Crippen LogP contribution in [0.4, 0.5) is 0 Å². The van der Waals surface area contributed by atoms with Crippen molar-refractivity contribution in [1.29, 1.82) is 0 Å². The highest BCUT2D eigenvalue weighted by molar-refractivity contribution is 8.00. The summed E-state index contributed by atoms with van der Waals surface area (Å²) in [5.41, 5.74) is 4.69. The molecule has 3 rings (SSSR count). The van der Waals surface area contributed by atoms with Crippen molar-refractivity contribution in [2.75, 3.05) is 5.75 Å². The molecule has 0 bridgehead atoms. The molecule has 3 aromatic rings. The van der Waals surface area contributed by atoms with Crippen molar-refractivity contribution in [3.63, 3.8) is 0 Å². The Morgan fingerprint density at radius 3 is 2.56 bits per heavy atom. The largest absolute Gasteiger partial charge is 0.454 e. The number of para-hydroxylation sites is 1. The Morgan fingerprint density at radius 1 is 1.07 bits per heavy atom. The van der Waals surface area contributed by atoms with Gasteiger partial charge in [-0.25, -0.2) is 0 Å². The van der Waals surface area contributed by atoms with Crippen molar-refractivity contribution in [1.82, 2.24) is 4.98 Å². The Bertz CT molecular complexity index is 1010. The van der Waals surface area contributed by atoms with Gasteiger partial charge in [-0.1, -0.05) is 24.3 Å². The highest BCUT2D eigenvalue weighted by Crippen LogP contribution is 2.25. The van der Waals surface area contributed by atoms with Gasteiger partial charge < -0.3 is 9.72 Å². The topological polar surface area (TPSA) is 59.2 Å². The fourth-order valence-corrected chi connectivity index (χ4v) is 3.81. The van der Waals surface area contributed by atoms with E-state index in [2.05, 4.69) is 18.0 Å². The summed E-state index contributed by atoms with van der Waals surface area (Å²) >= 11 is 1.42. The van der Waals surface area contributed by atoms with E-state index in [1.54, 1.807) is 6.92 Å². The average Bonchev–Trinajstić information content (AvgIpc) is 2.97. The van der Waals surface area contributed by atoms with E-state index in [9.17, 15) is 9.59 Å². The van der Waals surface area contributed by atoms with Gasteiger partial charge in [-0.15, -0.1) is 11.8 Å². The Balaban J connectivity index is 1.64. The van der Waals surface area contributed by atoms with Gasteiger partial charge in [0, 0.05) is 27.1 Å². The molecule has 0 saturated carbocycles. The number of aromatic nitrogens is 1. The molecule has 5 heteroatoms. The lowest BCUT2D eigenvalue weighted by Crippen LogP contribution is -2.25. The third-order valence-corrected chi connectivity index (χ3v) is 5.62. The van der Waals surface area contributed by atoms with Gasteiger partial charge in [0.15, 0.2) is 6.10 Å². The standard InChI is InChI=1S/C22H23NO3S/c1-13-9-10-17(11-14(13)2)27-12-20(24)26-16(4)22(25)21-15(3)23-19-8-6-5-7-18(19)21/h5-11,16,23H,12H2,1-4H3/t16-/m0/s1. The molecule has 0 radical (unpaired) electrons. The fourth-order valence-electron chi connectivity index (χ4n) is 3.03. The Hall–Kier alpha value is -2.53. The molecular weight excluding hydrogens is 358 g/mol. The van der Waals surface area contributed by atoms with Gasteiger partial charge in [-0.2, -0.15) is 0 Å². The minimum absolute atomic E-state index is 0.174. The second kappa shape index (κ2) is 8.01. The summed E-state index contributed by atoms with van der Waals surface area (Å²) in [7, 11) is 0. The molecule has 1 aromatic heterocycles. The number of esters is 1. The Morgan fingerprint density at radius 2 is 1.81 bits per heavy atom. The van der Waals surface area contributed by atoms with Crippen LogP contribution in [-0.4, -0.2) is 28.6 Å². The number of benzene rings is 2. The molecule has 0 unspecified atom stereocenters. The number of hydrogen-bond acceptors (Lipinski definition) is 4. The molecular formula is C22H23NO3S. The van der Waals surface area contributed by atoms with E-state index in [-0.39, 0.29) is 11.5 Å². The van der Waals surface area contributed by atoms with E-state index in [0.717, 1.165) is 21.5 Å². The van der Waals surface area contributed by atoms with Crippen LogP contribution in [0.25, 0.3) is 10.9 Å². The van der Waals surface area contributed by atoms with Crippen LogP contribution in [-0.2, 0) is 9.53 Å². The van der Waals surface area contributed by atoms with Crippen molar-refractivity contribution in [2.24, 2.45) is 0 Å². The van der Waals surface area contributed by atoms with Crippen LogP contribution in [0.5, 0.6) is 0 Å². The third kappa shape index (κ3) is 4.25. The SMILES string of the molecule is Cc1ccc(SCC(=O)O[C@@H](C)C(=O)c2c(C)[nH]c3ccccc23)cc1C. The molecule has 1 atom stereocenters. The first-order valence-corrected chi connectivity index (χ1v) is 9.86. The minimum atomic E-state index is -0.823. The number of hydrogen-bond donors (Lipinski definition) is 1. The van der Waals surface area contributed by atoms with Crippen molar-refractivity contribution in [3.8, 4) is 0 Å². The molecule has 2 aromatic carbocycles. The highest BCUT2D eigenvalue weighted by atomic mass is 32.2. The first-order valence-electron chi connectivity index (χ1n) is 8.88. The van der Waals surface area contributed by atoms with Gasteiger partial charge in [-0.05, 0) is 57.0 Å². The number of carbonyl (C=O) groups is 2. The predicted molar refractivity (Wildman–Crippen MR) is 110 cm³/mol. The van der Waals surface area contributed by atoms with Crippen LogP contribution in [0, 0.1) is 20.8 Å². The zero-order chi connectivity index (χ0) is 19.6. The smallest absolute Gasteiger partial charge is 0.316 e. The van der Waals surface area contributed by atoms with Crippen LogP contribution in [0.2, 0.25) is 0 Å². The summed E-state index contributed by atoms with van der Waals surface area (Å²) in [4.78, 5) is 29.2. The third-order valence-electron chi connectivity index (χ3n) is 4.65. The zero-order valence-electron chi connectivity index (χ0n) is 16.0. The number of thioether (sulfide) groups is 1. The van der Waals surface area contributed by atoms with Crippen molar-refractivity contribution >= 4 is 34.4 Å². The number of carbonyl (C=O) groups excluding carboxylic acids is 2. The second-order valence-electron chi connectivity index (χ2n) is 6.70. The van der Waals surface area contributed by atoms with E-state index in [4.69, 9.17) is 4.74 Å². The van der Waals surface area contributed by atoms with Crippen molar-refractivity contribution < 1.29 is 14.3 Å². The molecule has 0 spiro atoms. The lowest BCUT2D eigenvalue weighted by molar-refractivity contribution is -0.143. The Labute approximate surface area is 163 Å². The molecule has 1 heterocycles. The van der Waals surface area contributed by atoms with E-state index in [1.807, 2.05) is 50.2 Å². The summed E-state index contributed by atoms with van der Waals surface area (Å²) in [6, 6.07) is 13.7. The molecule has 1 N–H and O–H groups in total. The number of nitrogens with one attached hydrogen (secondary N) is 1. The number of aryl methyl sites for hydroxylation is 3. The first kappa shape index (κ1) is 19.2. The number of ketones is 1. The number of H-pyrrole nitrogens is 1. The van der Waals surface area contributed by atoms with E-state index in [0.29, 0.717) is 5.56 Å². The maximum Gasteiger partial charge on any atom is 0.316 e. The second-order valence-corrected chi connectivity index (χ2v) is 7.75. The maximum absolute atomic E-state index is 12.8. The monoisotopic (exact) mass is 381 g/mol. The van der Waals surface area contributed by atoms with Gasteiger partial charge in [0.2, 0.25) is 5.78 Å². The maximum atomic E-state index is 12.8. The average molecular weight is 381 g/mol. The molecule has 0 aliphatic carbocycles. The molecule has 27 heavy (non-hydrogen) atoms. The summed E-state index contributed by atoms with van der Waals surface area (Å²) in [6.07, 6.45) is -0.823. The summed E-state index contributed by atoms with van der Waals surface area (Å²) in [6.45, 7) is 7.58. The van der Waals surface area contributed by atoms with Crippen LogP contribution >= 0.6 is 11.8 Å².